The average molecular weight is 204 g/mol. The van der Waals surface area contributed by atoms with Gasteiger partial charge in [0.2, 0.25) is 0 Å². The number of hydrogen-bond acceptors (Lipinski definition) is 1. The van der Waals surface area contributed by atoms with Crippen molar-refractivity contribution in [2.75, 3.05) is 0 Å². The Morgan fingerprint density at radius 2 is 1.93 bits per heavy atom. The van der Waals surface area contributed by atoms with Gasteiger partial charge < -0.3 is 0 Å². The highest BCUT2D eigenvalue weighted by Crippen LogP contribution is 2.28. The van der Waals surface area contributed by atoms with Gasteiger partial charge in [-0.05, 0) is 26.0 Å². The summed E-state index contributed by atoms with van der Waals surface area (Å²) in [5.74, 6) is 0. The van der Waals surface area contributed by atoms with E-state index in [1.165, 1.54) is 19.1 Å². The number of hydrogen-bond donors (Lipinski definition) is 0. The van der Waals surface area contributed by atoms with Crippen LogP contribution in [-0.2, 0) is 4.74 Å². The first-order valence-corrected chi connectivity index (χ1v) is 4.13. The van der Waals surface area contributed by atoms with Gasteiger partial charge in [0.05, 0.1) is 0 Å². The van der Waals surface area contributed by atoms with Gasteiger partial charge >= 0.3 is 6.36 Å². The van der Waals surface area contributed by atoms with Crippen LogP contribution in [0.5, 0.6) is 0 Å². The van der Waals surface area contributed by atoms with Crippen molar-refractivity contribution >= 4 is 0 Å². The maximum atomic E-state index is 12.0. The van der Waals surface area contributed by atoms with Crippen molar-refractivity contribution in [2.45, 2.75) is 25.8 Å². The first-order chi connectivity index (χ1) is 6.31. The average Bonchev–Trinajstić information content (AvgIpc) is 2.10. The van der Waals surface area contributed by atoms with Crippen LogP contribution in [0.1, 0.15) is 13.8 Å². The highest BCUT2D eigenvalue weighted by atomic mass is 19.4. The third kappa shape index (κ3) is 3.38. The molecule has 0 radical (unpaired) electrons. The van der Waals surface area contributed by atoms with Crippen LogP contribution < -0.4 is 0 Å². The zero-order valence-electron chi connectivity index (χ0n) is 7.93. The van der Waals surface area contributed by atoms with Gasteiger partial charge in [0.15, 0.2) is 0 Å². The monoisotopic (exact) mass is 204 g/mol. The molecule has 1 aliphatic carbocycles. The van der Waals surface area contributed by atoms with Crippen molar-refractivity contribution in [3.63, 3.8) is 0 Å². The maximum Gasteiger partial charge on any atom is 0.523 e. The molecule has 1 atom stereocenters. The maximum absolute atomic E-state index is 12.0. The van der Waals surface area contributed by atoms with E-state index in [9.17, 15) is 13.2 Å². The van der Waals surface area contributed by atoms with Gasteiger partial charge in [-0.1, -0.05) is 23.8 Å². The van der Waals surface area contributed by atoms with Crippen LogP contribution in [0.4, 0.5) is 13.2 Å². The predicted molar refractivity (Wildman–Crippen MR) is 47.6 cm³/mol. The Kier molecular flexibility index (Phi) is 2.85. The highest BCUT2D eigenvalue weighted by molar-refractivity contribution is 5.31. The van der Waals surface area contributed by atoms with Crippen molar-refractivity contribution in [3.05, 3.63) is 36.0 Å². The molecule has 4 heteroatoms. The van der Waals surface area contributed by atoms with Crippen LogP contribution in [0, 0.1) is 0 Å². The lowest BCUT2D eigenvalue weighted by molar-refractivity contribution is -0.347. The Hall–Kier alpha value is -1.03. The van der Waals surface area contributed by atoms with Gasteiger partial charge in [-0.15, -0.1) is 13.2 Å². The van der Waals surface area contributed by atoms with E-state index < -0.39 is 12.0 Å². The zero-order valence-corrected chi connectivity index (χ0v) is 7.93. The van der Waals surface area contributed by atoms with Gasteiger partial charge in [0.1, 0.15) is 5.60 Å². The van der Waals surface area contributed by atoms with Gasteiger partial charge in [0, 0.05) is 0 Å². The summed E-state index contributed by atoms with van der Waals surface area (Å²) in [5, 5.41) is 0. The van der Waals surface area contributed by atoms with E-state index in [0.717, 1.165) is 5.57 Å². The summed E-state index contributed by atoms with van der Waals surface area (Å²) < 4.78 is 40.0. The molecule has 0 saturated carbocycles. The summed E-state index contributed by atoms with van der Waals surface area (Å²) in [7, 11) is 0. The highest BCUT2D eigenvalue weighted by Gasteiger charge is 2.37. The minimum absolute atomic E-state index is 0.885. The molecule has 0 aliphatic heterocycles. The molecule has 0 aromatic carbocycles. The van der Waals surface area contributed by atoms with Gasteiger partial charge in [-0.2, -0.15) is 0 Å². The number of halogens is 3. The molecule has 1 unspecified atom stereocenters. The lowest BCUT2D eigenvalue weighted by Gasteiger charge is -2.23. The second kappa shape index (κ2) is 3.61. The Bertz CT molecular complexity index is 299. The first kappa shape index (κ1) is 11.0. The second-order valence-corrected chi connectivity index (χ2v) is 3.33. The minimum Gasteiger partial charge on any atom is -0.277 e. The topological polar surface area (TPSA) is 9.23 Å². The molecule has 14 heavy (non-hydrogen) atoms. The Labute approximate surface area is 80.6 Å². The van der Waals surface area contributed by atoms with E-state index in [0.29, 0.717) is 0 Å². The lowest BCUT2D eigenvalue weighted by atomic mass is 10.1. The second-order valence-electron chi connectivity index (χ2n) is 3.33. The van der Waals surface area contributed by atoms with Crippen LogP contribution in [-0.4, -0.2) is 12.0 Å². The summed E-state index contributed by atoms with van der Waals surface area (Å²) in [6.07, 6.45) is 3.01. The van der Waals surface area contributed by atoms with Crippen LogP contribution in [0.25, 0.3) is 0 Å². The fourth-order valence-electron chi connectivity index (χ4n) is 1.12. The molecule has 0 amide bonds. The third-order valence-electron chi connectivity index (χ3n) is 1.80. The van der Waals surface area contributed by atoms with Crippen molar-refractivity contribution in [2.24, 2.45) is 0 Å². The molecule has 0 bridgehead atoms. The summed E-state index contributed by atoms with van der Waals surface area (Å²) in [4.78, 5) is 0. The SMILES string of the molecule is CC1=CC=CC(C)(OC(F)(F)F)C=C1. The molecule has 0 saturated heterocycles. The number of ether oxygens (including phenoxy) is 1. The van der Waals surface area contributed by atoms with Crippen LogP contribution in [0.2, 0.25) is 0 Å². The van der Waals surface area contributed by atoms with E-state index in [-0.39, 0.29) is 0 Å². The van der Waals surface area contributed by atoms with E-state index in [1.54, 1.807) is 25.2 Å². The van der Waals surface area contributed by atoms with Crippen molar-refractivity contribution < 1.29 is 17.9 Å². The molecular weight excluding hydrogens is 193 g/mol. The number of rotatable bonds is 1. The standard InChI is InChI=1S/C10H11F3O/c1-8-4-3-6-9(2,7-5-8)14-10(11,12)13/h3-7H,1-2H3. The number of allylic oxidation sites excluding steroid dienone is 4. The van der Waals surface area contributed by atoms with Gasteiger partial charge in [-0.25, -0.2) is 0 Å². The molecule has 0 N–H and O–H groups in total. The van der Waals surface area contributed by atoms with Crippen LogP contribution in [0.3, 0.4) is 0 Å². The van der Waals surface area contributed by atoms with Crippen LogP contribution in [0.15, 0.2) is 36.0 Å². The summed E-state index contributed by atoms with van der Waals surface area (Å²) in [6.45, 7) is 3.17. The molecule has 0 fully saturated rings. The quantitative estimate of drug-likeness (QED) is 0.636. The molecule has 1 nitrogen and oxygen atoms in total. The van der Waals surface area contributed by atoms with Crippen LogP contribution >= 0.6 is 0 Å². The first-order valence-electron chi connectivity index (χ1n) is 4.13. The minimum atomic E-state index is -4.62. The molecule has 0 aromatic rings. The summed E-state index contributed by atoms with van der Waals surface area (Å²) >= 11 is 0. The molecule has 0 spiro atoms. The molecule has 1 rings (SSSR count). The van der Waals surface area contributed by atoms with Crippen molar-refractivity contribution in [3.8, 4) is 0 Å². The zero-order chi connectivity index (χ0) is 10.8. The molecule has 0 heterocycles. The van der Waals surface area contributed by atoms with Gasteiger partial charge in [-0.3, -0.25) is 4.74 Å². The molecule has 0 aromatic heterocycles. The van der Waals surface area contributed by atoms with Crippen molar-refractivity contribution in [1.82, 2.24) is 0 Å². The number of alkyl halides is 3. The summed E-state index contributed by atoms with van der Waals surface area (Å²) in [6, 6.07) is 0. The van der Waals surface area contributed by atoms with E-state index in [2.05, 4.69) is 4.74 Å². The fraction of sp³-hybridized carbons (Fsp3) is 0.400. The van der Waals surface area contributed by atoms with E-state index in [4.69, 9.17) is 0 Å². The lowest BCUT2D eigenvalue weighted by Crippen LogP contribution is -2.31. The largest absolute Gasteiger partial charge is 0.523 e. The van der Waals surface area contributed by atoms with E-state index >= 15 is 0 Å². The fourth-order valence-corrected chi connectivity index (χ4v) is 1.12. The predicted octanol–water partition coefficient (Wildman–Crippen LogP) is 3.35. The molecule has 1 aliphatic rings. The Balaban J connectivity index is 2.83. The van der Waals surface area contributed by atoms with Crippen molar-refractivity contribution in [1.29, 1.82) is 0 Å². The normalized spacial score (nSPS) is 27.4. The summed E-state index contributed by atoms with van der Waals surface area (Å²) in [5.41, 5.74) is -0.525. The van der Waals surface area contributed by atoms with E-state index in [1.807, 2.05) is 0 Å². The molecular formula is C10H11F3O. The Morgan fingerprint density at radius 1 is 1.29 bits per heavy atom. The van der Waals surface area contributed by atoms with Gasteiger partial charge in [0.25, 0.3) is 0 Å². The Morgan fingerprint density at radius 3 is 2.50 bits per heavy atom. The third-order valence-corrected chi connectivity index (χ3v) is 1.80. The smallest absolute Gasteiger partial charge is 0.277 e. The molecule has 78 valence electrons.